The Morgan fingerprint density at radius 2 is 1.82 bits per heavy atom. The summed E-state index contributed by atoms with van der Waals surface area (Å²) in [6.45, 7) is 1.23. The van der Waals surface area contributed by atoms with Crippen molar-refractivity contribution in [2.75, 3.05) is 6.54 Å². The van der Waals surface area contributed by atoms with E-state index in [9.17, 15) is 24.6 Å². The van der Waals surface area contributed by atoms with Crippen LogP contribution in [-0.4, -0.2) is 41.5 Å². The fourth-order valence-corrected chi connectivity index (χ4v) is 1.72. The van der Waals surface area contributed by atoms with Crippen molar-refractivity contribution in [1.82, 2.24) is 10.6 Å². The van der Waals surface area contributed by atoms with Crippen LogP contribution >= 0.6 is 0 Å². The summed E-state index contributed by atoms with van der Waals surface area (Å²) in [5.41, 5.74) is 4.12. The minimum absolute atomic E-state index is 0.0462. The number of hydrogen-bond acceptors (Lipinski definition) is 5. The van der Waals surface area contributed by atoms with Crippen LogP contribution in [0.1, 0.15) is 12.5 Å². The monoisotopic (exact) mass is 309 g/mol. The zero-order valence-corrected chi connectivity index (χ0v) is 12.2. The molecule has 0 aliphatic carbocycles. The molecule has 1 aromatic carbocycles. The lowest BCUT2D eigenvalue weighted by molar-refractivity contribution is -0.355. The highest BCUT2D eigenvalue weighted by molar-refractivity contribution is 5.90. The van der Waals surface area contributed by atoms with Gasteiger partial charge in [0.2, 0.25) is 5.91 Å². The standard InChI is InChI=1S/C14H19N3O5/c1-8(14(21)22)16-13(20)11(17-12(19)7-15)6-9-2-4-10(18)5-3-9/h2-5,8,11,18H,6-7,15H2,1H3,(H,16,20)(H,17,19)(H,21,22)/t8-,11-/m0/s1. The average molecular weight is 309 g/mol. The van der Waals surface area contributed by atoms with E-state index >= 15 is 0 Å². The second-order valence-corrected chi connectivity index (χ2v) is 4.79. The highest BCUT2D eigenvalue weighted by Gasteiger charge is 2.22. The molecule has 1 aromatic rings. The smallest absolute Gasteiger partial charge is 0.275 e. The average Bonchev–Trinajstić information content (AvgIpc) is 2.48. The van der Waals surface area contributed by atoms with Crippen LogP contribution in [0.2, 0.25) is 0 Å². The topological polar surface area (TPSA) is 146 Å². The zero-order valence-electron chi connectivity index (χ0n) is 12.2. The molecule has 0 aliphatic heterocycles. The van der Waals surface area contributed by atoms with Crippen LogP contribution in [0, 0.1) is 0 Å². The Morgan fingerprint density at radius 1 is 1.23 bits per heavy atom. The second kappa shape index (κ2) is 7.99. The van der Waals surface area contributed by atoms with Crippen molar-refractivity contribution in [3.05, 3.63) is 29.8 Å². The predicted octanol–water partition coefficient (Wildman–Crippen LogP) is -3.08. The van der Waals surface area contributed by atoms with Crippen LogP contribution in [-0.2, 0) is 20.8 Å². The van der Waals surface area contributed by atoms with Gasteiger partial charge in [0.25, 0.3) is 5.91 Å². The number of carbonyl (C=O) groups excluding carboxylic acids is 3. The number of rotatable bonds is 7. The van der Waals surface area contributed by atoms with Crippen molar-refractivity contribution < 1.29 is 30.3 Å². The number of carbonyl (C=O) groups is 3. The van der Waals surface area contributed by atoms with E-state index in [1.54, 1.807) is 12.1 Å². The van der Waals surface area contributed by atoms with Crippen molar-refractivity contribution in [3.63, 3.8) is 0 Å². The first-order chi connectivity index (χ1) is 10.3. The molecule has 0 unspecified atom stereocenters. The molecule has 2 amide bonds. The number of amides is 2. The van der Waals surface area contributed by atoms with Gasteiger partial charge in [0.05, 0.1) is 12.0 Å². The lowest BCUT2D eigenvalue weighted by atomic mass is 10.0. The fourth-order valence-electron chi connectivity index (χ4n) is 1.72. The van der Waals surface area contributed by atoms with Gasteiger partial charge in [0.1, 0.15) is 11.8 Å². The molecule has 0 aliphatic rings. The van der Waals surface area contributed by atoms with E-state index in [0.29, 0.717) is 5.56 Å². The van der Waals surface area contributed by atoms with Crippen molar-refractivity contribution in [1.29, 1.82) is 0 Å². The number of aromatic hydroxyl groups is 1. The number of aliphatic carboxylic acids is 1. The van der Waals surface area contributed by atoms with Gasteiger partial charge in [-0.05, 0) is 24.6 Å². The van der Waals surface area contributed by atoms with Crippen LogP contribution < -0.4 is 21.5 Å². The molecule has 6 N–H and O–H groups in total. The number of carboxylic acids is 1. The first-order valence-corrected chi connectivity index (χ1v) is 6.71. The molecule has 8 nitrogen and oxygen atoms in total. The molecule has 120 valence electrons. The molecular weight excluding hydrogens is 290 g/mol. The molecule has 0 radical (unpaired) electrons. The lowest BCUT2D eigenvalue weighted by Gasteiger charge is -2.21. The molecule has 0 saturated heterocycles. The molecule has 0 heterocycles. The maximum Gasteiger partial charge on any atom is 0.275 e. The highest BCUT2D eigenvalue weighted by Crippen LogP contribution is 2.11. The third-order valence-electron chi connectivity index (χ3n) is 2.97. The van der Waals surface area contributed by atoms with Gasteiger partial charge in [0.15, 0.2) is 6.54 Å². The minimum atomic E-state index is -1.42. The van der Waals surface area contributed by atoms with Gasteiger partial charge in [-0.3, -0.25) is 9.59 Å². The maximum absolute atomic E-state index is 12.1. The Kier molecular flexibility index (Phi) is 6.33. The van der Waals surface area contributed by atoms with Crippen molar-refractivity contribution in [2.24, 2.45) is 0 Å². The summed E-state index contributed by atoms with van der Waals surface area (Å²) < 4.78 is 0. The largest absolute Gasteiger partial charge is 0.548 e. The molecule has 0 spiro atoms. The summed E-state index contributed by atoms with van der Waals surface area (Å²) in [5.74, 6) is -2.40. The number of benzene rings is 1. The molecule has 0 aromatic heterocycles. The van der Waals surface area contributed by atoms with Crippen LogP contribution in [0.15, 0.2) is 24.3 Å². The Labute approximate surface area is 127 Å². The van der Waals surface area contributed by atoms with Crippen LogP contribution in [0.5, 0.6) is 5.75 Å². The van der Waals surface area contributed by atoms with Crippen molar-refractivity contribution >= 4 is 17.8 Å². The Hall–Kier alpha value is -2.61. The fraction of sp³-hybridized carbons (Fsp3) is 0.357. The third kappa shape index (κ3) is 5.41. The second-order valence-electron chi connectivity index (χ2n) is 4.79. The van der Waals surface area contributed by atoms with E-state index in [2.05, 4.69) is 16.4 Å². The normalized spacial score (nSPS) is 13.0. The summed E-state index contributed by atoms with van der Waals surface area (Å²) in [5, 5.41) is 24.7. The van der Waals surface area contributed by atoms with Crippen LogP contribution in [0.4, 0.5) is 0 Å². The molecular formula is C14H19N3O5. The Morgan fingerprint density at radius 3 is 2.32 bits per heavy atom. The quantitative estimate of drug-likeness (QED) is 0.422. The van der Waals surface area contributed by atoms with Gasteiger partial charge in [0, 0.05) is 6.42 Å². The number of phenols is 1. The number of carboxylic acid groups (broad SMARTS) is 1. The van der Waals surface area contributed by atoms with Gasteiger partial charge in [-0.2, -0.15) is 0 Å². The Bertz CT molecular complexity index is 544. The first-order valence-electron chi connectivity index (χ1n) is 6.71. The van der Waals surface area contributed by atoms with E-state index in [0.717, 1.165) is 0 Å². The predicted molar refractivity (Wildman–Crippen MR) is 74.1 cm³/mol. The number of hydrogen-bond donors (Lipinski definition) is 4. The molecule has 1 rings (SSSR count). The van der Waals surface area contributed by atoms with Gasteiger partial charge in [-0.25, -0.2) is 0 Å². The number of phenolic OH excluding ortho intramolecular Hbond substituents is 1. The molecule has 0 saturated carbocycles. The summed E-state index contributed by atoms with van der Waals surface area (Å²) in [4.78, 5) is 34.2. The van der Waals surface area contributed by atoms with Crippen molar-refractivity contribution in [2.45, 2.75) is 25.4 Å². The number of nitrogens with one attached hydrogen (secondary N) is 2. The highest BCUT2D eigenvalue weighted by atomic mass is 16.4. The molecule has 2 atom stereocenters. The van der Waals surface area contributed by atoms with E-state index in [4.69, 9.17) is 0 Å². The van der Waals surface area contributed by atoms with Crippen molar-refractivity contribution in [3.8, 4) is 5.75 Å². The SMILES string of the molecule is C[C@H](NC(=O)[C@H](Cc1ccc(O)cc1)NC(=O)C[NH3+])C(=O)[O-]. The van der Waals surface area contributed by atoms with E-state index in [-0.39, 0.29) is 18.7 Å². The van der Waals surface area contributed by atoms with Crippen LogP contribution in [0.3, 0.4) is 0 Å². The lowest BCUT2D eigenvalue weighted by Crippen LogP contribution is -2.61. The van der Waals surface area contributed by atoms with E-state index < -0.39 is 29.9 Å². The number of quaternary nitrogens is 1. The third-order valence-corrected chi connectivity index (χ3v) is 2.97. The van der Waals surface area contributed by atoms with Gasteiger partial charge in [-0.1, -0.05) is 12.1 Å². The van der Waals surface area contributed by atoms with Crippen LogP contribution in [0.25, 0.3) is 0 Å². The first kappa shape index (κ1) is 17.4. The molecule has 0 bridgehead atoms. The Balaban J connectivity index is 2.82. The molecule has 8 heteroatoms. The molecule has 0 fully saturated rings. The summed E-state index contributed by atoms with van der Waals surface area (Å²) in [7, 11) is 0. The summed E-state index contributed by atoms with van der Waals surface area (Å²) in [6.07, 6.45) is 0.150. The van der Waals surface area contributed by atoms with E-state index in [1.807, 2.05) is 0 Å². The van der Waals surface area contributed by atoms with Gasteiger partial charge < -0.3 is 31.4 Å². The van der Waals surface area contributed by atoms with E-state index in [1.165, 1.54) is 19.1 Å². The summed E-state index contributed by atoms with van der Waals surface area (Å²) in [6, 6.07) is 4.00. The maximum atomic E-state index is 12.1. The van der Waals surface area contributed by atoms with Gasteiger partial charge >= 0.3 is 0 Å². The minimum Gasteiger partial charge on any atom is -0.548 e. The summed E-state index contributed by atoms with van der Waals surface area (Å²) >= 11 is 0. The molecule has 22 heavy (non-hydrogen) atoms. The van der Waals surface area contributed by atoms with Gasteiger partial charge in [-0.15, -0.1) is 0 Å². The zero-order chi connectivity index (χ0) is 16.7.